The predicted octanol–water partition coefficient (Wildman–Crippen LogP) is 1.72. The Morgan fingerprint density at radius 1 is 1.46 bits per heavy atom. The van der Waals surface area contributed by atoms with E-state index in [1.165, 1.54) is 18.2 Å². The fraction of sp³-hybridized carbons (Fsp3) is 0. The Hall–Kier alpha value is -0.0500. The van der Waals surface area contributed by atoms with Gasteiger partial charge >= 0.3 is 0 Å². The molecule has 0 atom stereocenters. The third-order valence-electron chi connectivity index (χ3n) is 1.30. The summed E-state index contributed by atoms with van der Waals surface area (Å²) in [6.45, 7) is 0. The minimum atomic E-state index is -3.78. The number of primary sulfonamides is 1. The van der Waals surface area contributed by atoms with Crippen molar-refractivity contribution in [2.45, 2.75) is 4.90 Å². The van der Waals surface area contributed by atoms with Crippen LogP contribution in [-0.4, -0.2) is 8.42 Å². The molecule has 0 saturated heterocycles. The minimum absolute atomic E-state index is 0.116. The summed E-state index contributed by atoms with van der Waals surface area (Å²) >= 11 is 7.17. The second-order valence-electron chi connectivity index (χ2n) is 2.21. The van der Waals surface area contributed by atoms with E-state index in [1.807, 2.05) is 0 Å². The molecule has 1 aromatic carbocycles. The maximum absolute atomic E-state index is 11.0. The van der Waals surface area contributed by atoms with Crippen LogP contribution in [0.3, 0.4) is 0 Å². The Kier molecular flexibility index (Phi) is 3.38. The van der Waals surface area contributed by atoms with Gasteiger partial charge in [0.2, 0.25) is 10.0 Å². The van der Waals surface area contributed by atoms with Crippen molar-refractivity contribution in [3.8, 4) is 5.75 Å². The summed E-state index contributed by atoms with van der Waals surface area (Å²) in [5.41, 5.74) is 0. The molecule has 0 aliphatic heterocycles. The van der Waals surface area contributed by atoms with E-state index < -0.39 is 10.0 Å². The molecule has 0 bridgehead atoms. The summed E-state index contributed by atoms with van der Waals surface area (Å²) in [6.07, 6.45) is 0. The number of hydrogen-bond acceptors (Lipinski definition) is 3. The van der Waals surface area contributed by atoms with Gasteiger partial charge in [0, 0.05) is 5.02 Å². The zero-order chi connectivity index (χ0) is 10.1. The van der Waals surface area contributed by atoms with Gasteiger partial charge in [-0.05, 0) is 18.2 Å². The average molecular weight is 334 g/mol. The van der Waals surface area contributed by atoms with Gasteiger partial charge in [-0.3, -0.25) is 0 Å². The summed E-state index contributed by atoms with van der Waals surface area (Å²) in [4.78, 5) is -0.116. The van der Waals surface area contributed by atoms with Gasteiger partial charge in [-0.15, -0.1) is 0 Å². The van der Waals surface area contributed by atoms with Gasteiger partial charge in [0.25, 0.3) is 0 Å². The number of sulfonamides is 1. The molecule has 0 aliphatic rings. The van der Waals surface area contributed by atoms with E-state index in [4.69, 9.17) is 19.8 Å². The van der Waals surface area contributed by atoms with Crippen molar-refractivity contribution in [2.24, 2.45) is 5.14 Å². The minimum Gasteiger partial charge on any atom is -0.426 e. The number of rotatable bonds is 2. The van der Waals surface area contributed by atoms with E-state index >= 15 is 0 Å². The SMILES string of the molecule is NS(=O)(=O)c1cc(Cl)ccc1OI. The van der Waals surface area contributed by atoms with Crippen LogP contribution in [0.1, 0.15) is 0 Å². The number of nitrogens with two attached hydrogens (primary N) is 1. The van der Waals surface area contributed by atoms with Crippen LogP contribution >= 0.6 is 34.6 Å². The Morgan fingerprint density at radius 3 is 2.54 bits per heavy atom. The van der Waals surface area contributed by atoms with Crippen LogP contribution in [0.15, 0.2) is 23.1 Å². The third kappa shape index (κ3) is 2.70. The Bertz CT molecular complexity index is 420. The molecule has 4 nitrogen and oxygen atoms in total. The summed E-state index contributed by atoms with van der Waals surface area (Å²) < 4.78 is 26.8. The van der Waals surface area contributed by atoms with Crippen LogP contribution in [0.4, 0.5) is 0 Å². The molecule has 0 fully saturated rings. The van der Waals surface area contributed by atoms with Gasteiger partial charge in [-0.25, -0.2) is 13.6 Å². The molecule has 0 heterocycles. The molecule has 2 N–H and O–H groups in total. The van der Waals surface area contributed by atoms with E-state index in [1.54, 1.807) is 23.0 Å². The molecule has 0 saturated carbocycles. The lowest BCUT2D eigenvalue weighted by atomic mass is 10.3. The zero-order valence-corrected chi connectivity index (χ0v) is 9.93. The van der Waals surface area contributed by atoms with E-state index in [9.17, 15) is 8.42 Å². The van der Waals surface area contributed by atoms with Crippen molar-refractivity contribution in [2.75, 3.05) is 0 Å². The van der Waals surface area contributed by atoms with Crippen LogP contribution in [0.25, 0.3) is 0 Å². The standard InChI is InChI=1S/C6H5ClINO3S/c7-4-1-2-5(12-8)6(3-4)13(9,10)11/h1-3H,(H2,9,10,11). The Morgan fingerprint density at radius 2 is 2.08 bits per heavy atom. The second-order valence-corrected chi connectivity index (χ2v) is 4.62. The lowest BCUT2D eigenvalue weighted by molar-refractivity contribution is 0.592. The van der Waals surface area contributed by atoms with Crippen LogP contribution in [0, 0.1) is 0 Å². The molecule has 0 spiro atoms. The molecule has 7 heteroatoms. The first-order valence-corrected chi connectivity index (χ1v) is 5.86. The van der Waals surface area contributed by atoms with Gasteiger partial charge in [-0.2, -0.15) is 0 Å². The summed E-state index contributed by atoms with van der Waals surface area (Å²) in [5, 5.41) is 5.23. The molecule has 0 unspecified atom stereocenters. The van der Waals surface area contributed by atoms with Crippen LogP contribution < -0.4 is 8.21 Å². The molecular formula is C6H5ClINO3S. The summed E-state index contributed by atoms with van der Waals surface area (Å²) in [6, 6.07) is 4.20. The first-order chi connectivity index (χ1) is 5.95. The van der Waals surface area contributed by atoms with Gasteiger partial charge in [0.05, 0.1) is 0 Å². The molecule has 1 rings (SSSR count). The Balaban J connectivity index is 3.41. The molecule has 0 aromatic heterocycles. The maximum atomic E-state index is 11.0. The van der Waals surface area contributed by atoms with E-state index in [0.29, 0.717) is 5.02 Å². The van der Waals surface area contributed by atoms with Crippen LogP contribution in [-0.2, 0) is 10.0 Å². The van der Waals surface area contributed by atoms with Crippen molar-refractivity contribution in [3.05, 3.63) is 23.2 Å². The molecule has 0 amide bonds. The van der Waals surface area contributed by atoms with Crippen molar-refractivity contribution in [1.29, 1.82) is 0 Å². The van der Waals surface area contributed by atoms with E-state index in [0.717, 1.165) is 0 Å². The third-order valence-corrected chi connectivity index (χ3v) is 2.94. The molecule has 13 heavy (non-hydrogen) atoms. The van der Waals surface area contributed by atoms with E-state index in [-0.39, 0.29) is 10.6 Å². The largest absolute Gasteiger partial charge is 0.426 e. The first-order valence-electron chi connectivity index (χ1n) is 3.06. The first kappa shape index (κ1) is 11.0. The van der Waals surface area contributed by atoms with E-state index in [2.05, 4.69) is 0 Å². The quantitative estimate of drug-likeness (QED) is 0.838. The lowest BCUT2D eigenvalue weighted by Crippen LogP contribution is -2.12. The predicted molar refractivity (Wildman–Crippen MR) is 57.5 cm³/mol. The monoisotopic (exact) mass is 333 g/mol. The van der Waals surface area contributed by atoms with Gasteiger partial charge < -0.3 is 3.07 Å². The number of hydrogen-bond donors (Lipinski definition) is 1. The highest BCUT2D eigenvalue weighted by Gasteiger charge is 2.15. The molecular weight excluding hydrogens is 328 g/mol. The van der Waals surface area contributed by atoms with Gasteiger partial charge in [0.15, 0.2) is 28.8 Å². The highest BCUT2D eigenvalue weighted by atomic mass is 127. The fourth-order valence-electron chi connectivity index (χ4n) is 0.768. The highest BCUT2D eigenvalue weighted by molar-refractivity contribution is 14.1. The van der Waals surface area contributed by atoms with Gasteiger partial charge in [-0.1, -0.05) is 11.6 Å². The van der Waals surface area contributed by atoms with Crippen molar-refractivity contribution < 1.29 is 11.5 Å². The summed E-state index contributed by atoms with van der Waals surface area (Å²) in [7, 11) is -3.78. The normalized spacial score (nSPS) is 11.3. The second kappa shape index (κ2) is 3.99. The number of benzene rings is 1. The fourth-order valence-corrected chi connectivity index (χ4v) is 2.22. The van der Waals surface area contributed by atoms with Crippen molar-refractivity contribution in [1.82, 2.24) is 0 Å². The van der Waals surface area contributed by atoms with Crippen molar-refractivity contribution in [3.63, 3.8) is 0 Å². The number of halogens is 2. The highest BCUT2D eigenvalue weighted by Crippen LogP contribution is 2.27. The summed E-state index contributed by atoms with van der Waals surface area (Å²) in [5.74, 6) is 0.174. The van der Waals surface area contributed by atoms with Gasteiger partial charge in [0.1, 0.15) is 4.90 Å². The zero-order valence-electron chi connectivity index (χ0n) is 6.20. The van der Waals surface area contributed by atoms with Crippen LogP contribution in [0.5, 0.6) is 5.75 Å². The lowest BCUT2D eigenvalue weighted by Gasteiger charge is -2.04. The Labute approximate surface area is 94.8 Å². The molecule has 0 radical (unpaired) electrons. The smallest absolute Gasteiger partial charge is 0.241 e. The molecule has 0 aliphatic carbocycles. The molecule has 72 valence electrons. The van der Waals surface area contributed by atoms with Crippen molar-refractivity contribution >= 4 is 44.6 Å². The van der Waals surface area contributed by atoms with Crippen LogP contribution in [0.2, 0.25) is 5.02 Å². The average Bonchev–Trinajstić information content (AvgIpc) is 2.03. The topological polar surface area (TPSA) is 69.4 Å². The maximum Gasteiger partial charge on any atom is 0.241 e. The molecule has 1 aromatic rings.